The lowest BCUT2D eigenvalue weighted by atomic mass is 9.95. The van der Waals surface area contributed by atoms with Gasteiger partial charge in [-0.25, -0.2) is 0 Å². The molecule has 140 valence electrons. The molecule has 1 N–H and O–H groups in total. The fourth-order valence-electron chi connectivity index (χ4n) is 3.47. The molecule has 0 saturated heterocycles. The van der Waals surface area contributed by atoms with Crippen LogP contribution in [0.25, 0.3) is 17.1 Å². The molecule has 5 rings (SSSR count). The Morgan fingerprint density at radius 3 is 2.75 bits per heavy atom. The second-order valence-corrected chi connectivity index (χ2v) is 7.04. The zero-order chi connectivity index (χ0) is 19.1. The molecule has 1 saturated carbocycles. The number of amides is 1. The highest BCUT2D eigenvalue weighted by Crippen LogP contribution is 2.48. The van der Waals surface area contributed by atoms with Gasteiger partial charge < -0.3 is 9.84 Å². The molecule has 8 nitrogen and oxygen atoms in total. The Morgan fingerprint density at radius 1 is 1.21 bits per heavy atom. The number of benzene rings is 1. The van der Waals surface area contributed by atoms with E-state index in [1.54, 1.807) is 6.92 Å². The topological polar surface area (TPSA) is 98.2 Å². The molecule has 4 aromatic rings. The van der Waals surface area contributed by atoms with Gasteiger partial charge in [-0.05, 0) is 37.5 Å². The summed E-state index contributed by atoms with van der Waals surface area (Å²) in [4.78, 5) is 17.0. The molecule has 1 aromatic carbocycles. The zero-order valence-corrected chi connectivity index (χ0v) is 15.3. The summed E-state index contributed by atoms with van der Waals surface area (Å²) in [5.74, 6) is 1.72. The molecule has 0 unspecified atom stereocenters. The predicted molar refractivity (Wildman–Crippen MR) is 100 cm³/mol. The molecular weight excluding hydrogens is 356 g/mol. The maximum Gasteiger partial charge on any atom is 0.258 e. The second kappa shape index (κ2) is 6.26. The maximum atomic E-state index is 12.8. The summed E-state index contributed by atoms with van der Waals surface area (Å²) in [7, 11) is 0. The van der Waals surface area contributed by atoms with Gasteiger partial charge in [0, 0.05) is 11.8 Å². The van der Waals surface area contributed by atoms with Crippen LogP contribution in [0, 0.1) is 6.92 Å². The number of aryl methyl sites for hydroxylation is 1. The third-order valence-electron chi connectivity index (χ3n) is 5.17. The normalized spacial score (nSPS) is 14.9. The Bertz CT molecular complexity index is 1160. The first-order chi connectivity index (χ1) is 13.7. The number of hydrogen-bond donors (Lipinski definition) is 1. The van der Waals surface area contributed by atoms with Gasteiger partial charge in [-0.3, -0.25) is 9.20 Å². The summed E-state index contributed by atoms with van der Waals surface area (Å²) in [6, 6.07) is 13.6. The third kappa shape index (κ3) is 2.74. The molecule has 8 heteroatoms. The van der Waals surface area contributed by atoms with E-state index >= 15 is 0 Å². The quantitative estimate of drug-likeness (QED) is 0.576. The largest absolute Gasteiger partial charge is 0.348 e. The average molecular weight is 374 g/mol. The number of rotatable bonds is 5. The van der Waals surface area contributed by atoms with Crippen LogP contribution >= 0.6 is 0 Å². The summed E-state index contributed by atoms with van der Waals surface area (Å²) < 4.78 is 7.04. The number of aromatic nitrogens is 5. The van der Waals surface area contributed by atoms with Gasteiger partial charge in [-0.15, -0.1) is 10.2 Å². The van der Waals surface area contributed by atoms with Gasteiger partial charge in [0.15, 0.2) is 17.3 Å². The van der Waals surface area contributed by atoms with Crippen LogP contribution in [0.3, 0.4) is 0 Å². The molecule has 1 amide bonds. The Labute approximate surface area is 160 Å². The van der Waals surface area contributed by atoms with Crippen molar-refractivity contribution >= 4 is 11.6 Å². The first kappa shape index (κ1) is 16.6. The maximum absolute atomic E-state index is 12.8. The summed E-state index contributed by atoms with van der Waals surface area (Å²) in [6.45, 7) is 2.08. The highest BCUT2D eigenvalue weighted by atomic mass is 16.5. The minimum atomic E-state index is -0.398. The number of carbonyl (C=O) groups is 1. The van der Waals surface area contributed by atoms with Gasteiger partial charge in [0.25, 0.3) is 5.89 Å². The third-order valence-corrected chi connectivity index (χ3v) is 5.17. The van der Waals surface area contributed by atoms with Crippen molar-refractivity contribution in [1.29, 1.82) is 0 Å². The number of pyridine rings is 1. The van der Waals surface area contributed by atoms with Gasteiger partial charge in [0.1, 0.15) is 0 Å². The second-order valence-electron chi connectivity index (χ2n) is 7.04. The zero-order valence-electron chi connectivity index (χ0n) is 15.3. The van der Waals surface area contributed by atoms with E-state index in [0.29, 0.717) is 29.7 Å². The molecule has 1 aliphatic rings. The molecule has 1 aliphatic carbocycles. The molecule has 0 aliphatic heterocycles. The van der Waals surface area contributed by atoms with E-state index in [0.717, 1.165) is 24.0 Å². The summed E-state index contributed by atoms with van der Waals surface area (Å²) >= 11 is 0. The molecule has 0 bridgehead atoms. The van der Waals surface area contributed by atoms with Crippen molar-refractivity contribution in [3.63, 3.8) is 0 Å². The van der Waals surface area contributed by atoms with Gasteiger partial charge in [0.2, 0.25) is 5.91 Å². The monoisotopic (exact) mass is 374 g/mol. The SMILES string of the molecule is Cc1noc(-c2ccn3c(CNC(=O)C4(c5ccccc5)CC4)nnc3c2)n1. The van der Waals surface area contributed by atoms with E-state index in [1.165, 1.54) is 0 Å². The smallest absolute Gasteiger partial charge is 0.258 e. The van der Waals surface area contributed by atoms with Crippen LogP contribution in [0.5, 0.6) is 0 Å². The lowest BCUT2D eigenvalue weighted by molar-refractivity contribution is -0.123. The fraction of sp³-hybridized carbons (Fsp3) is 0.250. The van der Waals surface area contributed by atoms with Crippen molar-refractivity contribution in [1.82, 2.24) is 30.1 Å². The van der Waals surface area contributed by atoms with Crippen LogP contribution in [0.4, 0.5) is 0 Å². The van der Waals surface area contributed by atoms with E-state index in [9.17, 15) is 4.79 Å². The van der Waals surface area contributed by atoms with Crippen molar-refractivity contribution in [3.05, 3.63) is 65.9 Å². The number of nitrogens with one attached hydrogen (secondary N) is 1. The Hall–Kier alpha value is -3.55. The van der Waals surface area contributed by atoms with Crippen molar-refractivity contribution in [2.75, 3.05) is 0 Å². The number of fused-ring (bicyclic) bond motifs is 1. The standard InChI is InChI=1S/C20H18N6O2/c1-13-22-18(28-25-13)14-7-10-26-16(11-14)23-24-17(26)12-21-19(27)20(8-9-20)15-5-3-2-4-6-15/h2-7,10-11H,8-9,12H2,1H3,(H,21,27). The molecule has 0 spiro atoms. The van der Waals surface area contributed by atoms with Crippen molar-refractivity contribution in [2.24, 2.45) is 0 Å². The molecular formula is C20H18N6O2. The highest BCUT2D eigenvalue weighted by molar-refractivity contribution is 5.91. The van der Waals surface area contributed by atoms with Gasteiger partial charge >= 0.3 is 0 Å². The lowest BCUT2D eigenvalue weighted by Gasteiger charge is -2.15. The first-order valence-electron chi connectivity index (χ1n) is 9.14. The van der Waals surface area contributed by atoms with Gasteiger partial charge in [-0.1, -0.05) is 35.5 Å². The summed E-state index contributed by atoms with van der Waals surface area (Å²) in [5, 5.41) is 15.2. The minimum absolute atomic E-state index is 0.0356. The molecule has 1 fully saturated rings. The Kier molecular flexibility index (Phi) is 3.71. The number of hydrogen-bond acceptors (Lipinski definition) is 6. The van der Waals surface area contributed by atoms with E-state index < -0.39 is 5.41 Å². The van der Waals surface area contributed by atoms with Crippen LogP contribution in [0.2, 0.25) is 0 Å². The van der Waals surface area contributed by atoms with Crippen molar-refractivity contribution in [3.8, 4) is 11.5 Å². The molecule has 3 heterocycles. The number of carbonyl (C=O) groups excluding carboxylic acids is 1. The predicted octanol–water partition coefficient (Wildman–Crippen LogP) is 2.44. The van der Waals surface area contributed by atoms with Crippen LogP contribution in [0.1, 0.15) is 30.1 Å². The molecule has 28 heavy (non-hydrogen) atoms. The van der Waals surface area contributed by atoms with E-state index in [-0.39, 0.29) is 5.91 Å². The highest BCUT2D eigenvalue weighted by Gasteiger charge is 2.51. The Balaban J connectivity index is 1.34. The van der Waals surface area contributed by atoms with Crippen LogP contribution in [0.15, 0.2) is 53.2 Å². The molecule has 3 aromatic heterocycles. The van der Waals surface area contributed by atoms with Crippen LogP contribution in [-0.2, 0) is 16.8 Å². The first-order valence-corrected chi connectivity index (χ1v) is 9.14. The van der Waals surface area contributed by atoms with Crippen LogP contribution < -0.4 is 5.32 Å². The minimum Gasteiger partial charge on any atom is -0.348 e. The van der Waals surface area contributed by atoms with Gasteiger partial charge in [-0.2, -0.15) is 4.98 Å². The van der Waals surface area contributed by atoms with Crippen molar-refractivity contribution < 1.29 is 9.32 Å². The van der Waals surface area contributed by atoms with E-state index in [2.05, 4.69) is 25.7 Å². The average Bonchev–Trinajstić information content (AvgIpc) is 3.28. The van der Waals surface area contributed by atoms with E-state index in [4.69, 9.17) is 4.52 Å². The Morgan fingerprint density at radius 2 is 2.04 bits per heavy atom. The fourth-order valence-corrected chi connectivity index (χ4v) is 3.47. The molecule has 0 atom stereocenters. The summed E-state index contributed by atoms with van der Waals surface area (Å²) in [6.07, 6.45) is 3.59. The summed E-state index contributed by atoms with van der Waals surface area (Å²) in [5.41, 5.74) is 2.10. The number of nitrogens with zero attached hydrogens (tertiary/aromatic N) is 5. The molecule has 0 radical (unpaired) electrons. The lowest BCUT2D eigenvalue weighted by Crippen LogP contribution is -2.34. The van der Waals surface area contributed by atoms with Crippen molar-refractivity contribution in [2.45, 2.75) is 31.7 Å². The van der Waals surface area contributed by atoms with E-state index in [1.807, 2.05) is 53.1 Å². The van der Waals surface area contributed by atoms with Crippen LogP contribution in [-0.4, -0.2) is 30.6 Å². The van der Waals surface area contributed by atoms with Gasteiger partial charge in [0.05, 0.1) is 12.0 Å².